The quantitative estimate of drug-likeness (QED) is 0.871. The lowest BCUT2D eigenvalue weighted by molar-refractivity contribution is -0.137. The molecule has 2 heterocycles. The maximum absolute atomic E-state index is 12.7. The summed E-state index contributed by atoms with van der Waals surface area (Å²) in [5, 5.41) is 2.84. The predicted octanol–water partition coefficient (Wildman–Crippen LogP) is 2.69. The molecule has 1 saturated heterocycles. The highest BCUT2D eigenvalue weighted by atomic mass is 19.4. The molecule has 0 aromatic carbocycles. The summed E-state index contributed by atoms with van der Waals surface area (Å²) in [7, 11) is 0. The molecule has 6 heteroatoms. The zero-order valence-electron chi connectivity index (χ0n) is 9.13. The van der Waals surface area contributed by atoms with Gasteiger partial charge in [0, 0.05) is 25.5 Å². The highest BCUT2D eigenvalue weighted by Crippen LogP contribution is 2.34. The molecule has 1 aliphatic heterocycles. The molecule has 1 aromatic heterocycles. The van der Waals surface area contributed by atoms with Crippen molar-refractivity contribution >= 4 is 5.82 Å². The van der Waals surface area contributed by atoms with E-state index in [1.54, 1.807) is 0 Å². The van der Waals surface area contributed by atoms with Crippen LogP contribution in [0.3, 0.4) is 0 Å². The number of hydrogen-bond acceptors (Lipinski definition) is 3. The molecule has 94 valence electrons. The van der Waals surface area contributed by atoms with Gasteiger partial charge >= 0.3 is 6.18 Å². The fourth-order valence-corrected chi connectivity index (χ4v) is 1.78. The van der Waals surface area contributed by atoms with E-state index in [2.05, 4.69) is 10.3 Å². The molecular weight excluding hydrogens is 233 g/mol. The van der Waals surface area contributed by atoms with Crippen LogP contribution >= 0.6 is 0 Å². The first-order chi connectivity index (χ1) is 8.07. The van der Waals surface area contributed by atoms with Crippen LogP contribution in [0.25, 0.3) is 0 Å². The number of nitrogens with one attached hydrogen (secondary N) is 1. The number of rotatable bonds is 2. The largest absolute Gasteiger partial charge is 0.419 e. The molecule has 3 nitrogen and oxygen atoms in total. The van der Waals surface area contributed by atoms with Gasteiger partial charge in [0.05, 0.1) is 5.56 Å². The van der Waals surface area contributed by atoms with E-state index in [-0.39, 0.29) is 11.9 Å². The van der Waals surface area contributed by atoms with E-state index < -0.39 is 11.7 Å². The van der Waals surface area contributed by atoms with Gasteiger partial charge in [0.15, 0.2) is 0 Å². The van der Waals surface area contributed by atoms with Gasteiger partial charge in [-0.1, -0.05) is 0 Å². The van der Waals surface area contributed by atoms with Crippen molar-refractivity contribution in [2.75, 3.05) is 18.5 Å². The summed E-state index contributed by atoms with van der Waals surface area (Å²) in [6.45, 7) is 1.15. The van der Waals surface area contributed by atoms with Crippen LogP contribution in [-0.4, -0.2) is 24.2 Å². The number of nitrogens with zero attached hydrogens (tertiary/aromatic N) is 1. The number of aromatic nitrogens is 1. The molecule has 0 unspecified atom stereocenters. The van der Waals surface area contributed by atoms with Crippen molar-refractivity contribution < 1.29 is 17.9 Å². The van der Waals surface area contributed by atoms with E-state index in [9.17, 15) is 13.2 Å². The first kappa shape index (κ1) is 12.2. The summed E-state index contributed by atoms with van der Waals surface area (Å²) < 4.78 is 43.2. The molecule has 0 atom stereocenters. The van der Waals surface area contributed by atoms with Crippen molar-refractivity contribution in [1.29, 1.82) is 0 Å². The van der Waals surface area contributed by atoms with Crippen LogP contribution in [0.15, 0.2) is 18.3 Å². The predicted molar refractivity (Wildman–Crippen MR) is 56.7 cm³/mol. The van der Waals surface area contributed by atoms with Crippen LogP contribution in [0.4, 0.5) is 19.0 Å². The third-order valence-electron chi connectivity index (χ3n) is 2.68. The minimum Gasteiger partial charge on any atom is -0.381 e. The minimum atomic E-state index is -4.37. The number of pyridine rings is 1. The first-order valence-electron chi connectivity index (χ1n) is 5.44. The summed E-state index contributed by atoms with van der Waals surface area (Å²) in [5.41, 5.74) is -0.716. The van der Waals surface area contributed by atoms with Gasteiger partial charge in [-0.3, -0.25) is 0 Å². The van der Waals surface area contributed by atoms with Crippen molar-refractivity contribution in [3.63, 3.8) is 0 Å². The van der Waals surface area contributed by atoms with Gasteiger partial charge in [-0.25, -0.2) is 4.98 Å². The van der Waals surface area contributed by atoms with Crippen LogP contribution in [0, 0.1) is 0 Å². The highest BCUT2D eigenvalue weighted by Gasteiger charge is 2.34. The lowest BCUT2D eigenvalue weighted by atomic mass is 10.1. The van der Waals surface area contributed by atoms with E-state index in [0.717, 1.165) is 6.07 Å². The Morgan fingerprint density at radius 3 is 2.65 bits per heavy atom. The molecular formula is C11H13F3N2O. The fourth-order valence-electron chi connectivity index (χ4n) is 1.78. The zero-order chi connectivity index (χ0) is 12.3. The summed E-state index contributed by atoms with van der Waals surface area (Å²) in [4.78, 5) is 3.77. The zero-order valence-corrected chi connectivity index (χ0v) is 9.13. The van der Waals surface area contributed by atoms with Crippen LogP contribution in [-0.2, 0) is 10.9 Å². The smallest absolute Gasteiger partial charge is 0.381 e. The fraction of sp³-hybridized carbons (Fsp3) is 0.545. The Bertz CT molecular complexity index is 375. The molecule has 1 N–H and O–H groups in total. The summed E-state index contributed by atoms with van der Waals surface area (Å²) in [5.74, 6) is -0.0908. The SMILES string of the molecule is FC(F)(F)c1cccnc1NC1CCOCC1. The Morgan fingerprint density at radius 1 is 1.29 bits per heavy atom. The van der Waals surface area contributed by atoms with Crippen LogP contribution in [0.1, 0.15) is 18.4 Å². The maximum Gasteiger partial charge on any atom is 0.419 e. The summed E-state index contributed by atoms with van der Waals surface area (Å²) >= 11 is 0. The van der Waals surface area contributed by atoms with E-state index in [1.165, 1.54) is 12.3 Å². The molecule has 0 aliphatic carbocycles. The molecule has 0 bridgehead atoms. The summed E-state index contributed by atoms with van der Waals surface area (Å²) in [6, 6.07) is 2.33. The van der Waals surface area contributed by atoms with Crippen molar-refractivity contribution in [3.05, 3.63) is 23.9 Å². The highest BCUT2D eigenvalue weighted by molar-refractivity contribution is 5.46. The van der Waals surface area contributed by atoms with Crippen molar-refractivity contribution in [3.8, 4) is 0 Å². The van der Waals surface area contributed by atoms with Gasteiger partial charge in [0.25, 0.3) is 0 Å². The van der Waals surface area contributed by atoms with E-state index in [0.29, 0.717) is 26.1 Å². The van der Waals surface area contributed by atoms with Crippen molar-refractivity contribution in [2.24, 2.45) is 0 Å². The molecule has 1 aliphatic rings. The van der Waals surface area contributed by atoms with Crippen LogP contribution in [0.5, 0.6) is 0 Å². The number of halogens is 3. The number of hydrogen-bond donors (Lipinski definition) is 1. The molecule has 0 saturated carbocycles. The van der Waals surface area contributed by atoms with Gasteiger partial charge in [-0.2, -0.15) is 13.2 Å². The van der Waals surface area contributed by atoms with Crippen molar-refractivity contribution in [2.45, 2.75) is 25.1 Å². The second-order valence-electron chi connectivity index (χ2n) is 3.93. The first-order valence-corrected chi connectivity index (χ1v) is 5.44. The number of alkyl halides is 3. The van der Waals surface area contributed by atoms with Gasteiger partial charge in [-0.05, 0) is 25.0 Å². The topological polar surface area (TPSA) is 34.2 Å². The summed E-state index contributed by atoms with van der Waals surface area (Å²) in [6.07, 6.45) is -1.61. The lowest BCUT2D eigenvalue weighted by Gasteiger charge is -2.24. The molecule has 1 fully saturated rings. The maximum atomic E-state index is 12.7. The lowest BCUT2D eigenvalue weighted by Crippen LogP contribution is -2.29. The minimum absolute atomic E-state index is 0.000231. The third kappa shape index (κ3) is 3.09. The van der Waals surface area contributed by atoms with E-state index >= 15 is 0 Å². The van der Waals surface area contributed by atoms with Crippen LogP contribution < -0.4 is 5.32 Å². The van der Waals surface area contributed by atoms with Gasteiger partial charge in [-0.15, -0.1) is 0 Å². The number of ether oxygens (including phenoxy) is 1. The molecule has 2 rings (SSSR count). The van der Waals surface area contributed by atoms with E-state index in [1.807, 2.05) is 0 Å². The molecule has 1 aromatic rings. The Kier molecular flexibility index (Phi) is 3.51. The van der Waals surface area contributed by atoms with Crippen molar-refractivity contribution in [1.82, 2.24) is 4.98 Å². The van der Waals surface area contributed by atoms with Gasteiger partial charge < -0.3 is 10.1 Å². The Balaban J connectivity index is 2.14. The molecule has 17 heavy (non-hydrogen) atoms. The molecule has 0 radical (unpaired) electrons. The normalized spacial score (nSPS) is 18.1. The van der Waals surface area contributed by atoms with E-state index in [4.69, 9.17) is 4.74 Å². The Labute approximate surface area is 97.0 Å². The Morgan fingerprint density at radius 2 is 2.00 bits per heavy atom. The Hall–Kier alpha value is -1.30. The van der Waals surface area contributed by atoms with Crippen LogP contribution in [0.2, 0.25) is 0 Å². The second-order valence-corrected chi connectivity index (χ2v) is 3.93. The third-order valence-corrected chi connectivity index (χ3v) is 2.68. The average Bonchev–Trinajstić information content (AvgIpc) is 2.30. The molecule has 0 spiro atoms. The monoisotopic (exact) mass is 246 g/mol. The average molecular weight is 246 g/mol. The van der Waals surface area contributed by atoms with Gasteiger partial charge in [0.2, 0.25) is 0 Å². The second kappa shape index (κ2) is 4.91. The standard InChI is InChI=1S/C11H13F3N2O/c12-11(13,14)9-2-1-5-15-10(9)16-8-3-6-17-7-4-8/h1-2,5,8H,3-4,6-7H2,(H,15,16). The number of anilines is 1. The molecule has 0 amide bonds. The van der Waals surface area contributed by atoms with Gasteiger partial charge in [0.1, 0.15) is 5.82 Å².